The van der Waals surface area contributed by atoms with E-state index in [9.17, 15) is 4.79 Å². The predicted octanol–water partition coefficient (Wildman–Crippen LogP) is 1.24. The quantitative estimate of drug-likeness (QED) is 0.721. The number of nitrogens with zero attached hydrogens (tertiary/aromatic N) is 1. The van der Waals surface area contributed by atoms with E-state index in [2.05, 4.69) is 12.2 Å². The molecule has 1 N–H and O–H groups in total. The van der Waals surface area contributed by atoms with Crippen molar-refractivity contribution in [3.63, 3.8) is 0 Å². The molecule has 0 aromatic rings. The normalized spacial score (nSPS) is 21.1. The van der Waals surface area contributed by atoms with E-state index in [1.165, 1.54) is 6.42 Å². The van der Waals surface area contributed by atoms with E-state index < -0.39 is 0 Å². The first kappa shape index (κ1) is 11.5. The standard InChI is InChI=1S/C11H22N2O/c1-3-4-5-11(14)13(2)9-10-6-7-12-8-10/h10,12H,3-9H2,1-2H3. The van der Waals surface area contributed by atoms with Crippen LogP contribution in [0.3, 0.4) is 0 Å². The van der Waals surface area contributed by atoms with Crippen molar-refractivity contribution >= 4 is 5.91 Å². The molecule has 1 atom stereocenters. The minimum Gasteiger partial charge on any atom is -0.345 e. The van der Waals surface area contributed by atoms with Crippen molar-refractivity contribution in [3.05, 3.63) is 0 Å². The maximum absolute atomic E-state index is 11.6. The molecule has 0 saturated carbocycles. The summed E-state index contributed by atoms with van der Waals surface area (Å²) in [6, 6.07) is 0. The van der Waals surface area contributed by atoms with E-state index in [4.69, 9.17) is 0 Å². The van der Waals surface area contributed by atoms with Gasteiger partial charge in [0.15, 0.2) is 0 Å². The lowest BCUT2D eigenvalue weighted by Gasteiger charge is -2.20. The first-order valence-corrected chi connectivity index (χ1v) is 5.68. The number of nitrogens with one attached hydrogen (secondary N) is 1. The topological polar surface area (TPSA) is 32.3 Å². The van der Waals surface area contributed by atoms with Gasteiger partial charge in [-0.25, -0.2) is 0 Å². The van der Waals surface area contributed by atoms with Crippen LogP contribution in [-0.2, 0) is 4.79 Å². The van der Waals surface area contributed by atoms with Gasteiger partial charge in [0.25, 0.3) is 0 Å². The lowest BCUT2D eigenvalue weighted by Crippen LogP contribution is -2.32. The molecule has 0 spiro atoms. The molecule has 14 heavy (non-hydrogen) atoms. The zero-order valence-corrected chi connectivity index (χ0v) is 9.38. The molecular formula is C11H22N2O. The zero-order valence-electron chi connectivity index (χ0n) is 9.38. The molecule has 82 valence electrons. The van der Waals surface area contributed by atoms with Crippen molar-refractivity contribution in [1.82, 2.24) is 10.2 Å². The average molecular weight is 198 g/mol. The number of amides is 1. The van der Waals surface area contributed by atoms with Crippen LogP contribution in [0.1, 0.15) is 32.6 Å². The number of hydrogen-bond donors (Lipinski definition) is 1. The van der Waals surface area contributed by atoms with E-state index in [0.29, 0.717) is 18.2 Å². The summed E-state index contributed by atoms with van der Waals surface area (Å²) in [5, 5.41) is 3.32. The fraction of sp³-hybridized carbons (Fsp3) is 0.909. The molecule has 1 aliphatic heterocycles. The Balaban J connectivity index is 2.18. The summed E-state index contributed by atoms with van der Waals surface area (Å²) >= 11 is 0. The van der Waals surface area contributed by atoms with Crippen LogP contribution < -0.4 is 5.32 Å². The van der Waals surface area contributed by atoms with Gasteiger partial charge in [-0.3, -0.25) is 4.79 Å². The van der Waals surface area contributed by atoms with E-state index in [1.54, 1.807) is 0 Å². The van der Waals surface area contributed by atoms with Crippen LogP contribution in [0.4, 0.5) is 0 Å². The molecule has 1 unspecified atom stereocenters. The first-order valence-electron chi connectivity index (χ1n) is 5.68. The third-order valence-electron chi connectivity index (χ3n) is 2.86. The van der Waals surface area contributed by atoms with Gasteiger partial charge >= 0.3 is 0 Å². The van der Waals surface area contributed by atoms with Crippen LogP contribution in [0.5, 0.6) is 0 Å². The van der Waals surface area contributed by atoms with Crippen LogP contribution in [0.25, 0.3) is 0 Å². The third-order valence-corrected chi connectivity index (χ3v) is 2.86. The second-order valence-corrected chi connectivity index (χ2v) is 4.24. The van der Waals surface area contributed by atoms with Crippen molar-refractivity contribution in [2.75, 3.05) is 26.7 Å². The second kappa shape index (κ2) is 6.02. The van der Waals surface area contributed by atoms with E-state index in [0.717, 1.165) is 32.5 Å². The van der Waals surface area contributed by atoms with Gasteiger partial charge in [-0.05, 0) is 31.8 Å². The number of carbonyl (C=O) groups excluding carboxylic acids is 1. The van der Waals surface area contributed by atoms with Crippen LogP contribution in [0.2, 0.25) is 0 Å². The summed E-state index contributed by atoms with van der Waals surface area (Å²) in [5.41, 5.74) is 0. The van der Waals surface area contributed by atoms with Gasteiger partial charge in [-0.1, -0.05) is 13.3 Å². The Labute approximate surface area is 86.9 Å². The van der Waals surface area contributed by atoms with E-state index in [1.807, 2.05) is 11.9 Å². The molecule has 0 aromatic heterocycles. The SMILES string of the molecule is CCCCC(=O)N(C)CC1CCNC1. The predicted molar refractivity (Wildman–Crippen MR) is 58.1 cm³/mol. The van der Waals surface area contributed by atoms with Gasteiger partial charge in [0, 0.05) is 20.0 Å². The molecule has 1 rings (SSSR count). The fourth-order valence-corrected chi connectivity index (χ4v) is 1.88. The van der Waals surface area contributed by atoms with Gasteiger partial charge in [0.1, 0.15) is 0 Å². The van der Waals surface area contributed by atoms with Crippen LogP contribution in [0, 0.1) is 5.92 Å². The third kappa shape index (κ3) is 3.66. The summed E-state index contributed by atoms with van der Waals surface area (Å²) in [6.07, 6.45) is 4.05. The minimum atomic E-state index is 0.304. The highest BCUT2D eigenvalue weighted by atomic mass is 16.2. The summed E-state index contributed by atoms with van der Waals surface area (Å²) in [7, 11) is 1.93. The molecule has 3 heteroatoms. The fourth-order valence-electron chi connectivity index (χ4n) is 1.88. The van der Waals surface area contributed by atoms with Crippen molar-refractivity contribution in [1.29, 1.82) is 0 Å². The first-order chi connectivity index (χ1) is 6.74. The van der Waals surface area contributed by atoms with Crippen molar-refractivity contribution < 1.29 is 4.79 Å². The summed E-state index contributed by atoms with van der Waals surface area (Å²) < 4.78 is 0. The maximum Gasteiger partial charge on any atom is 0.222 e. The monoisotopic (exact) mass is 198 g/mol. The number of carbonyl (C=O) groups is 1. The highest BCUT2D eigenvalue weighted by Crippen LogP contribution is 2.10. The highest BCUT2D eigenvalue weighted by molar-refractivity contribution is 5.75. The molecule has 0 aliphatic carbocycles. The van der Waals surface area contributed by atoms with Gasteiger partial charge in [0.2, 0.25) is 5.91 Å². The van der Waals surface area contributed by atoms with Crippen LogP contribution >= 0.6 is 0 Å². The highest BCUT2D eigenvalue weighted by Gasteiger charge is 2.18. The molecule has 0 bridgehead atoms. The van der Waals surface area contributed by atoms with Crippen molar-refractivity contribution in [3.8, 4) is 0 Å². The van der Waals surface area contributed by atoms with Gasteiger partial charge in [0.05, 0.1) is 0 Å². The second-order valence-electron chi connectivity index (χ2n) is 4.24. The lowest BCUT2D eigenvalue weighted by molar-refractivity contribution is -0.130. The van der Waals surface area contributed by atoms with Crippen LogP contribution in [0.15, 0.2) is 0 Å². The number of hydrogen-bond acceptors (Lipinski definition) is 2. The van der Waals surface area contributed by atoms with Crippen LogP contribution in [-0.4, -0.2) is 37.5 Å². The van der Waals surface area contributed by atoms with Crippen molar-refractivity contribution in [2.24, 2.45) is 5.92 Å². The zero-order chi connectivity index (χ0) is 10.4. The van der Waals surface area contributed by atoms with E-state index >= 15 is 0 Å². The molecule has 1 heterocycles. The molecule has 1 aliphatic rings. The Morgan fingerprint density at radius 1 is 1.57 bits per heavy atom. The average Bonchev–Trinajstić information content (AvgIpc) is 2.66. The van der Waals surface area contributed by atoms with Gasteiger partial charge in [-0.15, -0.1) is 0 Å². The molecule has 1 amide bonds. The van der Waals surface area contributed by atoms with Gasteiger partial charge < -0.3 is 10.2 Å². The molecule has 3 nitrogen and oxygen atoms in total. The Morgan fingerprint density at radius 2 is 2.36 bits per heavy atom. The Kier molecular flexibility index (Phi) is 4.94. The molecular weight excluding hydrogens is 176 g/mol. The van der Waals surface area contributed by atoms with Crippen molar-refractivity contribution in [2.45, 2.75) is 32.6 Å². The Morgan fingerprint density at radius 3 is 2.93 bits per heavy atom. The molecule has 0 aromatic carbocycles. The lowest BCUT2D eigenvalue weighted by atomic mass is 10.1. The smallest absolute Gasteiger partial charge is 0.222 e. The molecule has 1 saturated heterocycles. The molecule has 1 fully saturated rings. The maximum atomic E-state index is 11.6. The Hall–Kier alpha value is -0.570. The molecule has 0 radical (unpaired) electrons. The number of unbranched alkanes of at least 4 members (excludes halogenated alkanes) is 1. The summed E-state index contributed by atoms with van der Waals surface area (Å²) in [6.45, 7) is 5.23. The minimum absolute atomic E-state index is 0.304. The summed E-state index contributed by atoms with van der Waals surface area (Å²) in [5.74, 6) is 0.976. The summed E-state index contributed by atoms with van der Waals surface area (Å²) in [4.78, 5) is 13.5. The van der Waals surface area contributed by atoms with E-state index in [-0.39, 0.29) is 0 Å². The van der Waals surface area contributed by atoms with Gasteiger partial charge in [-0.2, -0.15) is 0 Å². The Bertz CT molecular complexity index is 176. The number of rotatable bonds is 5. The largest absolute Gasteiger partial charge is 0.345 e.